The highest BCUT2D eigenvalue weighted by Gasteiger charge is 2.80. The summed E-state index contributed by atoms with van der Waals surface area (Å²) in [6.07, 6.45) is -11.7. The molecule has 13 heteroatoms. The number of amides is 2. The summed E-state index contributed by atoms with van der Waals surface area (Å²) in [5.74, 6) is 0. The summed E-state index contributed by atoms with van der Waals surface area (Å²) in [6, 6.07) is 11.5. The molecule has 1 aliphatic heterocycles. The fourth-order valence-corrected chi connectivity index (χ4v) is 6.53. The molecule has 0 bridgehead atoms. The maximum atomic E-state index is 15.1. The maximum Gasteiger partial charge on any atom is 0.421 e. The number of benzene rings is 1. The van der Waals surface area contributed by atoms with E-state index >= 15 is 26.3 Å². The predicted octanol–water partition coefficient (Wildman–Crippen LogP) is 7.84. The molecule has 2 amide bonds. The van der Waals surface area contributed by atoms with Gasteiger partial charge in [-0.05, 0) is 82.5 Å². The highest BCUT2D eigenvalue weighted by molar-refractivity contribution is 7.10. The van der Waals surface area contributed by atoms with Gasteiger partial charge in [0, 0.05) is 40.0 Å². The summed E-state index contributed by atoms with van der Waals surface area (Å²) >= 11 is 0.665. The standard InChI is InChI=1S/C29H31F7N4OS/c1-19-9-10-20(17-37-19)25(2,3)40-16-15-26(18-40,14-13-22-11-12-23(30)42-22)27(28(31,32)33,29(34,35)36)39-24(41)38-21-7-5-4-6-8-21/h4-12,17H,13-16,18H2,1-3H3,(H2,38,39,41)/t26-/m1/s1. The Labute approximate surface area is 243 Å². The Bertz CT molecular complexity index is 1360. The zero-order valence-electron chi connectivity index (χ0n) is 23.2. The lowest BCUT2D eigenvalue weighted by molar-refractivity contribution is -0.336. The number of para-hydroxylation sites is 1. The SMILES string of the molecule is Cc1ccc(C(C)(C)N2CC[C@@](CCc3ccc(F)s3)(C(NC(=O)Nc3ccccc3)(C(F)(F)F)C(F)(F)F)C2)cn1. The average Bonchev–Trinajstić information content (AvgIpc) is 3.53. The van der Waals surface area contributed by atoms with Crippen molar-refractivity contribution in [1.29, 1.82) is 0 Å². The van der Waals surface area contributed by atoms with Crippen LogP contribution in [0.15, 0.2) is 60.8 Å². The van der Waals surface area contributed by atoms with Crippen molar-refractivity contribution in [3.63, 3.8) is 0 Å². The molecule has 2 aromatic heterocycles. The number of urea groups is 1. The smallest absolute Gasteiger partial charge is 0.315 e. The Kier molecular flexibility index (Phi) is 8.67. The number of nitrogens with one attached hydrogen (secondary N) is 2. The van der Waals surface area contributed by atoms with E-state index in [9.17, 15) is 9.18 Å². The van der Waals surface area contributed by atoms with Crippen molar-refractivity contribution in [2.75, 3.05) is 18.4 Å². The number of hydrogen-bond donors (Lipinski definition) is 2. The van der Waals surface area contributed by atoms with Gasteiger partial charge in [0.2, 0.25) is 5.54 Å². The van der Waals surface area contributed by atoms with Crippen LogP contribution in [0.3, 0.4) is 0 Å². The summed E-state index contributed by atoms with van der Waals surface area (Å²) in [7, 11) is 0. The van der Waals surface area contributed by atoms with E-state index in [0.717, 1.165) is 6.07 Å². The van der Waals surface area contributed by atoms with Crippen LogP contribution in [0.5, 0.6) is 0 Å². The number of alkyl halides is 6. The van der Waals surface area contributed by atoms with Gasteiger partial charge in [-0.15, -0.1) is 11.3 Å². The molecule has 4 rings (SSSR count). The van der Waals surface area contributed by atoms with Crippen LogP contribution in [0.25, 0.3) is 0 Å². The van der Waals surface area contributed by atoms with Gasteiger partial charge in [0.05, 0.1) is 0 Å². The van der Waals surface area contributed by atoms with E-state index < -0.39 is 59.4 Å². The molecule has 0 radical (unpaired) electrons. The summed E-state index contributed by atoms with van der Waals surface area (Å²) in [5.41, 5.74) is -6.84. The second kappa shape index (κ2) is 11.5. The number of hydrogen-bond acceptors (Lipinski definition) is 4. The molecule has 1 fully saturated rings. The maximum absolute atomic E-state index is 15.1. The van der Waals surface area contributed by atoms with Crippen LogP contribution in [-0.4, -0.2) is 46.9 Å². The lowest BCUT2D eigenvalue weighted by Crippen LogP contribution is -2.76. The number of anilines is 1. The summed E-state index contributed by atoms with van der Waals surface area (Å²) < 4.78 is 105. The summed E-state index contributed by atoms with van der Waals surface area (Å²) in [4.78, 5) is 19.1. The number of aromatic nitrogens is 1. The van der Waals surface area contributed by atoms with E-state index in [2.05, 4.69) is 10.3 Å². The van der Waals surface area contributed by atoms with Crippen LogP contribution in [0.4, 0.5) is 41.2 Å². The van der Waals surface area contributed by atoms with E-state index in [1.165, 1.54) is 35.6 Å². The monoisotopic (exact) mass is 616 g/mol. The first kappa shape index (κ1) is 31.7. The minimum Gasteiger partial charge on any atom is -0.315 e. The molecule has 0 spiro atoms. The van der Waals surface area contributed by atoms with Gasteiger partial charge in [0.1, 0.15) is 0 Å². The van der Waals surface area contributed by atoms with Crippen molar-refractivity contribution >= 4 is 23.1 Å². The number of carbonyl (C=O) groups is 1. The molecule has 42 heavy (non-hydrogen) atoms. The molecule has 3 aromatic rings. The number of likely N-dealkylation sites (tertiary alicyclic amines) is 1. The van der Waals surface area contributed by atoms with Crippen LogP contribution in [0.2, 0.25) is 0 Å². The topological polar surface area (TPSA) is 57.3 Å². The predicted molar refractivity (Wildman–Crippen MR) is 147 cm³/mol. The Morgan fingerprint density at radius 2 is 1.67 bits per heavy atom. The van der Waals surface area contributed by atoms with Crippen molar-refractivity contribution in [1.82, 2.24) is 15.2 Å². The Morgan fingerprint density at radius 3 is 2.21 bits per heavy atom. The Morgan fingerprint density at radius 1 is 1.00 bits per heavy atom. The third-order valence-electron chi connectivity index (χ3n) is 8.22. The van der Waals surface area contributed by atoms with E-state index in [0.29, 0.717) is 27.5 Å². The largest absolute Gasteiger partial charge is 0.421 e. The first-order chi connectivity index (χ1) is 19.5. The van der Waals surface area contributed by atoms with Gasteiger partial charge in [-0.3, -0.25) is 9.88 Å². The molecule has 0 unspecified atom stereocenters. The van der Waals surface area contributed by atoms with Gasteiger partial charge in [-0.25, -0.2) is 4.79 Å². The molecular formula is C29H31F7N4OS. The second-order valence-electron chi connectivity index (χ2n) is 11.1. The Hall–Kier alpha value is -3.19. The van der Waals surface area contributed by atoms with Crippen LogP contribution >= 0.6 is 11.3 Å². The number of rotatable bonds is 8. The van der Waals surface area contributed by atoms with E-state index in [4.69, 9.17) is 0 Å². The van der Waals surface area contributed by atoms with E-state index in [1.54, 1.807) is 50.1 Å². The molecule has 1 aliphatic rings. The van der Waals surface area contributed by atoms with Gasteiger partial charge >= 0.3 is 18.4 Å². The third kappa shape index (κ3) is 5.98. The van der Waals surface area contributed by atoms with Crippen molar-refractivity contribution < 1.29 is 35.5 Å². The second-order valence-corrected chi connectivity index (χ2v) is 12.2. The molecule has 1 atom stereocenters. The number of halogens is 7. The first-order valence-electron chi connectivity index (χ1n) is 13.2. The van der Waals surface area contributed by atoms with Gasteiger partial charge < -0.3 is 10.6 Å². The molecule has 5 nitrogen and oxygen atoms in total. The van der Waals surface area contributed by atoms with Crippen molar-refractivity contribution in [2.45, 2.75) is 63.5 Å². The Balaban J connectivity index is 1.81. The van der Waals surface area contributed by atoms with Crippen molar-refractivity contribution in [2.24, 2.45) is 5.41 Å². The third-order valence-corrected chi connectivity index (χ3v) is 9.15. The molecule has 3 heterocycles. The quantitative estimate of drug-likeness (QED) is 0.254. The summed E-state index contributed by atoms with van der Waals surface area (Å²) in [6.45, 7) is 4.42. The number of nitrogens with zero attached hydrogens (tertiary/aromatic N) is 2. The highest BCUT2D eigenvalue weighted by atomic mass is 32.1. The van der Waals surface area contributed by atoms with Gasteiger partial charge in [-0.1, -0.05) is 24.3 Å². The molecular weight excluding hydrogens is 585 g/mol. The molecule has 0 aliphatic carbocycles. The van der Waals surface area contributed by atoms with Gasteiger partial charge in [-0.2, -0.15) is 30.7 Å². The fraction of sp³-hybridized carbons (Fsp3) is 0.448. The van der Waals surface area contributed by atoms with E-state index in [-0.39, 0.29) is 18.7 Å². The van der Waals surface area contributed by atoms with Gasteiger partial charge in [0.25, 0.3) is 0 Å². The number of pyridine rings is 1. The number of aryl methyl sites for hydroxylation is 2. The lowest BCUT2D eigenvalue weighted by Gasteiger charge is -2.51. The summed E-state index contributed by atoms with van der Waals surface area (Å²) in [5, 5.41) is 2.91. The van der Waals surface area contributed by atoms with E-state index in [1.807, 2.05) is 0 Å². The lowest BCUT2D eigenvalue weighted by atomic mass is 9.64. The minimum absolute atomic E-state index is 0.0254. The zero-order valence-corrected chi connectivity index (χ0v) is 24.0. The van der Waals surface area contributed by atoms with Gasteiger partial charge in [0.15, 0.2) is 5.13 Å². The first-order valence-corrected chi connectivity index (χ1v) is 14.0. The van der Waals surface area contributed by atoms with Crippen LogP contribution in [0.1, 0.15) is 42.8 Å². The molecule has 2 N–H and O–H groups in total. The molecule has 228 valence electrons. The van der Waals surface area contributed by atoms with Crippen LogP contribution < -0.4 is 10.6 Å². The molecule has 1 saturated heterocycles. The fourth-order valence-electron chi connectivity index (χ4n) is 5.80. The number of carbonyl (C=O) groups excluding carboxylic acids is 1. The van der Waals surface area contributed by atoms with Crippen LogP contribution in [0, 0.1) is 17.5 Å². The highest BCUT2D eigenvalue weighted by Crippen LogP contribution is 2.59. The van der Waals surface area contributed by atoms with Crippen molar-refractivity contribution in [3.8, 4) is 0 Å². The zero-order chi connectivity index (χ0) is 31.0. The number of thiophene rings is 1. The average molecular weight is 617 g/mol. The van der Waals surface area contributed by atoms with Crippen molar-refractivity contribution in [3.05, 3.63) is 82.1 Å². The normalized spacial score (nSPS) is 18.7. The molecule has 0 saturated carbocycles. The molecule has 1 aromatic carbocycles. The van der Waals surface area contributed by atoms with Crippen LogP contribution in [-0.2, 0) is 12.0 Å². The minimum atomic E-state index is -5.94.